The zero-order valence-electron chi connectivity index (χ0n) is 11.4. The summed E-state index contributed by atoms with van der Waals surface area (Å²) in [5.41, 5.74) is 1.52. The van der Waals surface area contributed by atoms with Crippen molar-refractivity contribution in [3.8, 4) is 5.75 Å². The zero-order valence-corrected chi connectivity index (χ0v) is 15.4. The largest absolute Gasteiger partial charge is 0.506 e. The first kappa shape index (κ1) is 17.2. The highest BCUT2D eigenvalue weighted by atomic mass is 79.9. The van der Waals surface area contributed by atoms with E-state index in [9.17, 15) is 13.5 Å². The van der Waals surface area contributed by atoms with Crippen LogP contribution in [0, 0.1) is 0 Å². The van der Waals surface area contributed by atoms with Crippen molar-refractivity contribution < 1.29 is 13.5 Å². The fraction of sp³-hybridized carbons (Fsp3) is 0.133. The number of halogens is 2. The highest BCUT2D eigenvalue weighted by Gasteiger charge is 2.09. The van der Waals surface area contributed by atoms with Crippen molar-refractivity contribution in [2.75, 3.05) is 5.75 Å². The Labute approximate surface area is 146 Å². The molecule has 0 aliphatic rings. The van der Waals surface area contributed by atoms with Gasteiger partial charge in [0.25, 0.3) is 10.0 Å². The van der Waals surface area contributed by atoms with Crippen molar-refractivity contribution in [3.05, 3.63) is 62.5 Å². The number of nitrogens with zero attached hydrogens (tertiary/aromatic N) is 1. The van der Waals surface area contributed by atoms with Gasteiger partial charge in [-0.25, -0.2) is 8.42 Å². The van der Waals surface area contributed by atoms with Gasteiger partial charge >= 0.3 is 0 Å². The lowest BCUT2D eigenvalue weighted by atomic mass is 10.2. The van der Waals surface area contributed by atoms with Crippen LogP contribution in [-0.2, 0) is 16.4 Å². The average Bonchev–Trinajstić information content (AvgIpc) is 2.50. The summed E-state index contributed by atoms with van der Waals surface area (Å²) in [6.07, 6.45) is 1.69. The van der Waals surface area contributed by atoms with Crippen LogP contribution < -0.4 is 0 Å². The van der Waals surface area contributed by atoms with Gasteiger partial charge in [-0.15, -0.1) is 0 Å². The van der Waals surface area contributed by atoms with Crippen LogP contribution >= 0.6 is 31.9 Å². The van der Waals surface area contributed by atoms with Crippen molar-refractivity contribution >= 4 is 48.1 Å². The van der Waals surface area contributed by atoms with Crippen LogP contribution in [0.1, 0.15) is 11.1 Å². The molecular formula is C15H13Br2NO3S. The van der Waals surface area contributed by atoms with E-state index in [-0.39, 0.29) is 11.5 Å². The Bertz CT molecular complexity index is 767. The molecule has 22 heavy (non-hydrogen) atoms. The van der Waals surface area contributed by atoms with Crippen LogP contribution in [-0.4, -0.2) is 25.5 Å². The van der Waals surface area contributed by atoms with Crippen molar-refractivity contribution in [1.82, 2.24) is 0 Å². The molecule has 2 aromatic carbocycles. The van der Waals surface area contributed by atoms with Crippen LogP contribution in [0.25, 0.3) is 0 Å². The Hall–Kier alpha value is -1.18. The Morgan fingerprint density at radius 3 is 2.27 bits per heavy atom. The second kappa shape index (κ2) is 7.39. The SMILES string of the molecule is O=S(=O)(CCc1ccccc1)/N=C/c1cc(Br)c(O)c(Br)c1. The maximum Gasteiger partial charge on any atom is 0.253 e. The van der Waals surface area contributed by atoms with Gasteiger partial charge in [-0.1, -0.05) is 30.3 Å². The van der Waals surface area contributed by atoms with E-state index in [1.165, 1.54) is 6.21 Å². The normalized spacial score (nSPS) is 11.9. The third kappa shape index (κ3) is 4.93. The first-order valence-electron chi connectivity index (χ1n) is 6.37. The van der Waals surface area contributed by atoms with E-state index in [0.29, 0.717) is 20.9 Å². The third-order valence-corrected chi connectivity index (χ3v) is 5.25. The highest BCUT2D eigenvalue weighted by molar-refractivity contribution is 9.11. The number of hydrogen-bond donors (Lipinski definition) is 1. The predicted octanol–water partition coefficient (Wildman–Crippen LogP) is 3.91. The summed E-state index contributed by atoms with van der Waals surface area (Å²) in [6.45, 7) is 0. The Morgan fingerprint density at radius 2 is 1.68 bits per heavy atom. The van der Waals surface area contributed by atoms with Crippen LogP contribution in [0.15, 0.2) is 55.8 Å². The fourth-order valence-corrected chi connectivity index (χ4v) is 3.85. The second-order valence-electron chi connectivity index (χ2n) is 4.59. The quantitative estimate of drug-likeness (QED) is 0.708. The molecule has 0 saturated heterocycles. The van der Waals surface area contributed by atoms with Crippen molar-refractivity contribution in [2.45, 2.75) is 6.42 Å². The van der Waals surface area contributed by atoms with Gasteiger partial charge in [0.1, 0.15) is 5.75 Å². The molecule has 0 unspecified atom stereocenters. The smallest absolute Gasteiger partial charge is 0.253 e. The van der Waals surface area contributed by atoms with Crippen LogP contribution in [0.4, 0.5) is 0 Å². The number of phenols is 1. The number of aromatic hydroxyl groups is 1. The van der Waals surface area contributed by atoms with Gasteiger partial charge in [-0.05, 0) is 61.5 Å². The fourth-order valence-electron chi connectivity index (χ4n) is 1.75. The first-order chi connectivity index (χ1) is 10.4. The molecule has 0 radical (unpaired) electrons. The number of phenolic OH excluding ortho intramolecular Hbond substituents is 1. The van der Waals surface area contributed by atoms with E-state index in [1.54, 1.807) is 12.1 Å². The van der Waals surface area contributed by atoms with Crippen molar-refractivity contribution in [1.29, 1.82) is 0 Å². The minimum absolute atomic E-state index is 0.0477. The summed E-state index contributed by atoms with van der Waals surface area (Å²) < 4.78 is 28.5. The maximum atomic E-state index is 11.9. The topological polar surface area (TPSA) is 66.7 Å². The van der Waals surface area contributed by atoms with Gasteiger partial charge < -0.3 is 5.11 Å². The minimum Gasteiger partial charge on any atom is -0.506 e. The average molecular weight is 447 g/mol. The van der Waals surface area contributed by atoms with E-state index < -0.39 is 10.0 Å². The van der Waals surface area contributed by atoms with Gasteiger partial charge in [0.15, 0.2) is 0 Å². The van der Waals surface area contributed by atoms with E-state index >= 15 is 0 Å². The summed E-state index contributed by atoms with van der Waals surface area (Å²) in [5, 5.41) is 9.61. The minimum atomic E-state index is -3.54. The Kier molecular flexibility index (Phi) is 5.77. The molecule has 2 rings (SSSR count). The molecule has 7 heteroatoms. The van der Waals surface area contributed by atoms with Crippen LogP contribution in [0.5, 0.6) is 5.75 Å². The third-order valence-electron chi connectivity index (χ3n) is 2.89. The number of sulfonamides is 1. The summed E-state index contributed by atoms with van der Waals surface area (Å²) in [5.74, 6) is 0.0117. The van der Waals surface area contributed by atoms with Gasteiger partial charge in [0.05, 0.1) is 14.7 Å². The molecule has 4 nitrogen and oxygen atoms in total. The number of aryl methyl sites for hydroxylation is 1. The number of benzene rings is 2. The Balaban J connectivity index is 2.08. The summed E-state index contributed by atoms with van der Waals surface area (Å²) in [6, 6.07) is 12.6. The van der Waals surface area contributed by atoms with Crippen LogP contribution in [0.3, 0.4) is 0 Å². The number of hydrogen-bond acceptors (Lipinski definition) is 3. The molecule has 0 saturated carbocycles. The molecule has 0 aromatic heterocycles. The molecule has 0 aliphatic carbocycles. The zero-order chi connectivity index (χ0) is 16.2. The molecule has 0 aliphatic heterocycles. The molecule has 0 bridgehead atoms. The molecule has 0 fully saturated rings. The Morgan fingerprint density at radius 1 is 1.09 bits per heavy atom. The molecule has 116 valence electrons. The van der Waals surface area contributed by atoms with E-state index in [2.05, 4.69) is 36.3 Å². The molecule has 0 heterocycles. The van der Waals surface area contributed by atoms with E-state index in [4.69, 9.17) is 0 Å². The highest BCUT2D eigenvalue weighted by Crippen LogP contribution is 2.32. The second-order valence-corrected chi connectivity index (χ2v) is 8.08. The first-order valence-corrected chi connectivity index (χ1v) is 9.57. The standard InChI is InChI=1S/C15H13Br2NO3S/c16-13-8-12(9-14(17)15(13)19)10-18-22(20,21)7-6-11-4-2-1-3-5-11/h1-5,8-10,19H,6-7H2/b18-10+. The molecule has 2 aromatic rings. The van der Waals surface area contributed by atoms with E-state index in [0.717, 1.165) is 5.56 Å². The molecule has 0 atom stereocenters. The summed E-state index contributed by atoms with van der Waals surface area (Å²) in [4.78, 5) is 0. The monoisotopic (exact) mass is 445 g/mol. The van der Waals surface area contributed by atoms with Crippen LogP contribution in [0.2, 0.25) is 0 Å². The van der Waals surface area contributed by atoms with Gasteiger partial charge in [-0.2, -0.15) is 4.40 Å². The lowest BCUT2D eigenvalue weighted by molar-refractivity contribution is 0.468. The number of rotatable bonds is 5. The maximum absolute atomic E-state index is 11.9. The lowest BCUT2D eigenvalue weighted by Crippen LogP contribution is -2.06. The van der Waals surface area contributed by atoms with Gasteiger partial charge in [0, 0.05) is 6.21 Å². The molecule has 0 amide bonds. The lowest BCUT2D eigenvalue weighted by Gasteiger charge is -2.02. The van der Waals surface area contributed by atoms with Crippen molar-refractivity contribution in [3.63, 3.8) is 0 Å². The van der Waals surface area contributed by atoms with E-state index in [1.807, 2.05) is 30.3 Å². The summed E-state index contributed by atoms with van der Waals surface area (Å²) >= 11 is 6.38. The van der Waals surface area contributed by atoms with Gasteiger partial charge in [-0.3, -0.25) is 0 Å². The summed E-state index contributed by atoms with van der Waals surface area (Å²) in [7, 11) is -3.54. The molecule has 0 spiro atoms. The van der Waals surface area contributed by atoms with Crippen molar-refractivity contribution in [2.24, 2.45) is 4.40 Å². The molecule has 1 N–H and O–H groups in total. The van der Waals surface area contributed by atoms with Gasteiger partial charge in [0.2, 0.25) is 0 Å². The predicted molar refractivity (Wildman–Crippen MR) is 95.0 cm³/mol. The molecular weight excluding hydrogens is 434 g/mol.